The number of likely N-dealkylation sites (tertiary alicyclic amines) is 1. The predicted octanol–water partition coefficient (Wildman–Crippen LogP) is 3.78. The molecular formula is C19H18ClN3O4. The van der Waals surface area contributed by atoms with Crippen LogP contribution in [0.4, 0.5) is 11.4 Å². The molecule has 1 saturated heterocycles. The van der Waals surface area contributed by atoms with Gasteiger partial charge in [-0.15, -0.1) is 0 Å². The molecule has 2 aromatic rings. The van der Waals surface area contributed by atoms with Gasteiger partial charge in [-0.1, -0.05) is 17.7 Å². The average Bonchev–Trinajstić information content (AvgIpc) is 3.06. The molecular weight excluding hydrogens is 370 g/mol. The lowest BCUT2D eigenvalue weighted by Crippen LogP contribution is -2.42. The second-order valence-corrected chi connectivity index (χ2v) is 6.78. The number of non-ortho nitro benzene ring substituents is 1. The van der Waals surface area contributed by atoms with E-state index in [0.717, 1.165) is 12.0 Å². The summed E-state index contributed by atoms with van der Waals surface area (Å²) in [7, 11) is 0. The lowest BCUT2D eigenvalue weighted by Gasteiger charge is -2.28. The van der Waals surface area contributed by atoms with Gasteiger partial charge in [0.1, 0.15) is 6.67 Å². The maximum absolute atomic E-state index is 13.1. The van der Waals surface area contributed by atoms with Gasteiger partial charge in [-0.2, -0.15) is 0 Å². The van der Waals surface area contributed by atoms with Crippen LogP contribution in [-0.4, -0.2) is 34.9 Å². The normalized spacial score (nSPS) is 13.7. The summed E-state index contributed by atoms with van der Waals surface area (Å²) in [6.07, 6.45) is 1.22. The molecule has 3 rings (SSSR count). The van der Waals surface area contributed by atoms with E-state index in [1.807, 2.05) is 6.92 Å². The van der Waals surface area contributed by atoms with E-state index in [1.54, 1.807) is 23.1 Å². The van der Waals surface area contributed by atoms with Crippen molar-refractivity contribution in [2.75, 3.05) is 18.1 Å². The summed E-state index contributed by atoms with van der Waals surface area (Å²) in [4.78, 5) is 38.5. The fourth-order valence-electron chi connectivity index (χ4n) is 2.92. The number of nitro groups is 1. The first-order chi connectivity index (χ1) is 12.9. The van der Waals surface area contributed by atoms with Crippen molar-refractivity contribution in [2.45, 2.75) is 19.8 Å². The van der Waals surface area contributed by atoms with Crippen molar-refractivity contribution in [2.24, 2.45) is 0 Å². The Morgan fingerprint density at radius 2 is 1.96 bits per heavy atom. The monoisotopic (exact) mass is 387 g/mol. The Morgan fingerprint density at radius 3 is 2.52 bits per heavy atom. The van der Waals surface area contributed by atoms with Gasteiger partial charge in [0.15, 0.2) is 0 Å². The van der Waals surface area contributed by atoms with Crippen molar-refractivity contribution in [3.63, 3.8) is 0 Å². The van der Waals surface area contributed by atoms with Gasteiger partial charge in [-0.05, 0) is 43.2 Å². The Morgan fingerprint density at radius 1 is 1.26 bits per heavy atom. The molecule has 0 saturated carbocycles. The molecule has 140 valence electrons. The van der Waals surface area contributed by atoms with Crippen LogP contribution in [0.15, 0.2) is 42.5 Å². The number of nitro benzene ring substituents is 1. The lowest BCUT2D eigenvalue weighted by molar-refractivity contribution is -0.384. The second-order valence-electron chi connectivity index (χ2n) is 6.37. The fraction of sp³-hybridized carbons (Fsp3) is 0.263. The first kappa shape index (κ1) is 18.8. The topological polar surface area (TPSA) is 83.8 Å². The van der Waals surface area contributed by atoms with E-state index >= 15 is 0 Å². The highest BCUT2D eigenvalue weighted by atomic mass is 35.5. The molecule has 2 aromatic carbocycles. The predicted molar refractivity (Wildman–Crippen MR) is 102 cm³/mol. The molecule has 1 aliphatic heterocycles. The minimum Gasteiger partial charge on any atom is -0.324 e. The third-order valence-electron chi connectivity index (χ3n) is 4.52. The standard InChI is InChI=1S/C19H18ClN3O4/c1-13-4-7-16(11-17(13)20)22(12-21-10-2-3-18(21)24)19(25)14-5-8-15(9-6-14)23(26)27/h4-9,11H,2-3,10,12H2,1H3. The van der Waals surface area contributed by atoms with Crippen molar-refractivity contribution in [3.05, 3.63) is 68.7 Å². The van der Waals surface area contributed by atoms with Gasteiger partial charge in [0.2, 0.25) is 5.91 Å². The van der Waals surface area contributed by atoms with Crippen molar-refractivity contribution in [1.82, 2.24) is 4.90 Å². The van der Waals surface area contributed by atoms with E-state index < -0.39 is 4.92 Å². The maximum Gasteiger partial charge on any atom is 0.269 e. The van der Waals surface area contributed by atoms with E-state index in [4.69, 9.17) is 11.6 Å². The Hall–Kier alpha value is -2.93. The minimum atomic E-state index is -0.519. The molecule has 1 heterocycles. The third kappa shape index (κ3) is 4.09. The van der Waals surface area contributed by atoms with Gasteiger partial charge >= 0.3 is 0 Å². The molecule has 1 fully saturated rings. The van der Waals surface area contributed by atoms with Crippen molar-refractivity contribution < 1.29 is 14.5 Å². The quantitative estimate of drug-likeness (QED) is 0.577. The fourth-order valence-corrected chi connectivity index (χ4v) is 3.09. The third-order valence-corrected chi connectivity index (χ3v) is 4.93. The molecule has 1 aliphatic rings. The molecule has 2 amide bonds. The number of benzene rings is 2. The van der Waals surface area contributed by atoms with Crippen LogP contribution in [0.3, 0.4) is 0 Å². The number of nitrogens with zero attached hydrogens (tertiary/aromatic N) is 3. The van der Waals surface area contributed by atoms with Gasteiger partial charge in [0, 0.05) is 41.4 Å². The van der Waals surface area contributed by atoms with Crippen molar-refractivity contribution in [1.29, 1.82) is 0 Å². The van der Waals surface area contributed by atoms with Crippen LogP contribution in [0.1, 0.15) is 28.8 Å². The molecule has 0 unspecified atom stereocenters. The van der Waals surface area contributed by atoms with Crippen LogP contribution >= 0.6 is 11.6 Å². The first-order valence-corrected chi connectivity index (χ1v) is 8.85. The average molecular weight is 388 g/mol. The number of anilines is 1. The van der Waals surface area contributed by atoms with Crippen LogP contribution in [0, 0.1) is 17.0 Å². The second kappa shape index (κ2) is 7.75. The molecule has 0 radical (unpaired) electrons. The van der Waals surface area contributed by atoms with Crippen molar-refractivity contribution in [3.8, 4) is 0 Å². The number of aryl methyl sites for hydroxylation is 1. The Kier molecular flexibility index (Phi) is 5.41. The van der Waals surface area contributed by atoms with Gasteiger partial charge in [-0.25, -0.2) is 0 Å². The van der Waals surface area contributed by atoms with Crippen LogP contribution in [0.2, 0.25) is 5.02 Å². The number of amides is 2. The van der Waals surface area contributed by atoms with E-state index in [0.29, 0.717) is 29.2 Å². The molecule has 0 aliphatic carbocycles. The Labute approximate surface area is 161 Å². The highest BCUT2D eigenvalue weighted by molar-refractivity contribution is 6.31. The van der Waals surface area contributed by atoms with E-state index in [-0.39, 0.29) is 24.2 Å². The smallest absolute Gasteiger partial charge is 0.269 e. The molecule has 0 N–H and O–H groups in total. The minimum absolute atomic E-state index is 0.00490. The molecule has 0 aromatic heterocycles. The highest BCUT2D eigenvalue weighted by Gasteiger charge is 2.27. The Bertz CT molecular complexity index is 898. The zero-order chi connectivity index (χ0) is 19.6. The molecule has 0 spiro atoms. The highest BCUT2D eigenvalue weighted by Crippen LogP contribution is 2.26. The van der Waals surface area contributed by atoms with E-state index in [9.17, 15) is 19.7 Å². The van der Waals surface area contributed by atoms with Crippen LogP contribution in [0.25, 0.3) is 0 Å². The van der Waals surface area contributed by atoms with Crippen LogP contribution in [0.5, 0.6) is 0 Å². The van der Waals surface area contributed by atoms with Crippen molar-refractivity contribution >= 4 is 34.8 Å². The van der Waals surface area contributed by atoms with Gasteiger partial charge in [-0.3, -0.25) is 24.6 Å². The molecule has 27 heavy (non-hydrogen) atoms. The van der Waals surface area contributed by atoms with Gasteiger partial charge < -0.3 is 4.90 Å². The van der Waals surface area contributed by atoms with E-state index in [2.05, 4.69) is 0 Å². The number of hydrogen-bond acceptors (Lipinski definition) is 4. The van der Waals surface area contributed by atoms with Gasteiger partial charge in [0.05, 0.1) is 4.92 Å². The van der Waals surface area contributed by atoms with Crippen LogP contribution < -0.4 is 4.90 Å². The van der Waals surface area contributed by atoms with Crippen LogP contribution in [-0.2, 0) is 4.79 Å². The number of halogens is 1. The first-order valence-electron chi connectivity index (χ1n) is 8.47. The van der Waals surface area contributed by atoms with E-state index in [1.165, 1.54) is 29.2 Å². The summed E-state index contributed by atoms with van der Waals surface area (Å²) < 4.78 is 0. The largest absolute Gasteiger partial charge is 0.324 e. The Balaban J connectivity index is 1.94. The molecule has 0 bridgehead atoms. The zero-order valence-electron chi connectivity index (χ0n) is 14.7. The summed E-state index contributed by atoms with van der Waals surface area (Å²) in [5, 5.41) is 11.3. The van der Waals surface area contributed by atoms with Gasteiger partial charge in [0.25, 0.3) is 11.6 Å². The zero-order valence-corrected chi connectivity index (χ0v) is 15.5. The lowest BCUT2D eigenvalue weighted by atomic mass is 10.1. The summed E-state index contributed by atoms with van der Waals surface area (Å²) in [5.74, 6) is -0.362. The SMILES string of the molecule is Cc1ccc(N(CN2CCCC2=O)C(=O)c2ccc([N+](=O)[O-])cc2)cc1Cl. The summed E-state index contributed by atoms with van der Waals surface area (Å²) in [6, 6.07) is 10.7. The number of rotatable bonds is 5. The number of carbonyl (C=O) groups excluding carboxylic acids is 2. The number of carbonyl (C=O) groups is 2. The summed E-state index contributed by atoms with van der Waals surface area (Å²) in [6.45, 7) is 2.55. The molecule has 0 atom stereocenters. The number of hydrogen-bond donors (Lipinski definition) is 0. The summed E-state index contributed by atoms with van der Waals surface area (Å²) >= 11 is 6.22. The summed E-state index contributed by atoms with van der Waals surface area (Å²) in [5.41, 5.74) is 1.64. The maximum atomic E-state index is 13.1. The molecule has 7 nitrogen and oxygen atoms in total. The molecule has 8 heteroatoms.